The third-order valence-corrected chi connectivity index (χ3v) is 13.1. The molecule has 2 fully saturated rings. The van der Waals surface area contributed by atoms with Gasteiger partial charge in [0.05, 0.1) is 42.2 Å². The number of carbonyl (C=O) groups excluding carboxylic acids is 3. The second kappa shape index (κ2) is 16.5. The highest BCUT2D eigenvalue weighted by Gasteiger charge is 2.46. The molecule has 2 amide bonds. The lowest BCUT2D eigenvalue weighted by molar-refractivity contribution is -0.139. The van der Waals surface area contributed by atoms with Gasteiger partial charge in [-0.25, -0.2) is 13.4 Å². The van der Waals surface area contributed by atoms with Crippen LogP contribution in [0.2, 0.25) is 0 Å². The Kier molecular flexibility index (Phi) is 13.1. The van der Waals surface area contributed by atoms with Crippen LogP contribution in [0.4, 0.5) is 5.13 Å². The van der Waals surface area contributed by atoms with Gasteiger partial charge in [-0.1, -0.05) is 49.6 Å². The van der Waals surface area contributed by atoms with Crippen LogP contribution in [0.1, 0.15) is 78.0 Å². The molecule has 278 valence electrons. The molecule has 1 aromatic carbocycles. The van der Waals surface area contributed by atoms with Crippen LogP contribution >= 0.6 is 11.3 Å². The Balaban J connectivity index is 1.62. The number of nitrogens with one attached hydrogen (secondary N) is 3. The van der Waals surface area contributed by atoms with Crippen LogP contribution < -0.4 is 16.0 Å². The van der Waals surface area contributed by atoms with Gasteiger partial charge in [-0.05, 0) is 71.3 Å². The maximum absolute atomic E-state index is 14.3. The molecule has 1 saturated carbocycles. The van der Waals surface area contributed by atoms with Crippen LogP contribution in [0, 0.1) is 11.8 Å². The number of aromatic nitrogens is 1. The van der Waals surface area contributed by atoms with Crippen molar-refractivity contribution < 1.29 is 32.6 Å². The molecule has 2 aromatic rings. The van der Waals surface area contributed by atoms with Gasteiger partial charge in [0.2, 0.25) is 11.8 Å². The van der Waals surface area contributed by atoms with Crippen molar-refractivity contribution in [3.8, 4) is 0 Å². The lowest BCUT2D eigenvalue weighted by Crippen LogP contribution is -2.62. The fourth-order valence-corrected chi connectivity index (χ4v) is 8.31. The summed E-state index contributed by atoms with van der Waals surface area (Å²) in [7, 11) is -2.52. The minimum Gasteiger partial charge on any atom is -0.469 e. The van der Waals surface area contributed by atoms with E-state index in [0.29, 0.717) is 24.1 Å². The van der Waals surface area contributed by atoms with Crippen molar-refractivity contribution in [2.75, 3.05) is 31.8 Å². The number of sulfone groups is 1. The molecule has 1 saturated heterocycles. The summed E-state index contributed by atoms with van der Waals surface area (Å²) in [6.07, 6.45) is 5.41. The maximum Gasteiger partial charge on any atom is 0.311 e. The summed E-state index contributed by atoms with van der Waals surface area (Å²) in [4.78, 5) is 46.2. The second-order valence-corrected chi connectivity index (χ2v) is 18.9. The summed E-state index contributed by atoms with van der Waals surface area (Å²) >= 11 is 1.14. The van der Waals surface area contributed by atoms with Crippen LogP contribution in [-0.2, 0) is 41.8 Å². The number of aliphatic hydroxyl groups excluding tert-OH is 1. The third-order valence-electron chi connectivity index (χ3n) is 10.1. The largest absolute Gasteiger partial charge is 0.469 e. The lowest BCUT2D eigenvalue weighted by atomic mass is 9.72. The number of carbonyl (C=O) groups is 3. The van der Waals surface area contributed by atoms with Crippen LogP contribution in [0.15, 0.2) is 35.7 Å². The van der Waals surface area contributed by atoms with Gasteiger partial charge < -0.3 is 25.8 Å². The average Bonchev–Trinajstić information content (AvgIpc) is 3.48. The molecular weight excluding hydrogens is 679 g/mol. The number of esters is 1. The first kappa shape index (κ1) is 39.7. The van der Waals surface area contributed by atoms with E-state index in [-0.39, 0.29) is 30.4 Å². The lowest BCUT2D eigenvalue weighted by Gasteiger charge is -2.47. The number of methoxy groups -OCH3 is 1. The monoisotopic (exact) mass is 733 g/mol. The topological polar surface area (TPSA) is 167 Å². The van der Waals surface area contributed by atoms with Crippen molar-refractivity contribution >= 4 is 44.1 Å². The number of likely N-dealkylation sites (tertiary alicyclic amines) is 1. The van der Waals surface area contributed by atoms with E-state index in [1.165, 1.54) is 21.0 Å². The zero-order valence-electron chi connectivity index (χ0n) is 30.4. The van der Waals surface area contributed by atoms with Gasteiger partial charge in [-0.15, -0.1) is 11.3 Å². The molecule has 1 aromatic heterocycles. The molecule has 2 heterocycles. The molecule has 14 heteroatoms. The number of aliphatic hydroxyl groups is 1. The Morgan fingerprint density at radius 1 is 1.08 bits per heavy atom. The Hall–Kier alpha value is -3.07. The van der Waals surface area contributed by atoms with Gasteiger partial charge in [0.1, 0.15) is 6.04 Å². The fraction of sp³-hybridized carbons (Fsp3) is 0.667. The number of hydrogen-bond acceptors (Lipinski definition) is 11. The molecule has 2 aliphatic rings. The third kappa shape index (κ3) is 10.5. The van der Waals surface area contributed by atoms with Crippen LogP contribution in [-0.4, -0.2) is 102 Å². The summed E-state index contributed by atoms with van der Waals surface area (Å²) < 4.78 is 29.3. The highest BCUT2D eigenvalue weighted by molar-refractivity contribution is 7.92. The number of fused-ring (bicyclic) bond motifs is 1. The molecular formula is C36H55N5O7S2. The molecule has 12 nitrogen and oxygen atoms in total. The van der Waals surface area contributed by atoms with Crippen molar-refractivity contribution in [3.05, 3.63) is 47.0 Å². The van der Waals surface area contributed by atoms with Crippen LogP contribution in [0.5, 0.6) is 0 Å². The Bertz CT molecular complexity index is 1570. The van der Waals surface area contributed by atoms with Crippen LogP contribution in [0.25, 0.3) is 0 Å². The van der Waals surface area contributed by atoms with E-state index in [0.717, 1.165) is 55.3 Å². The van der Waals surface area contributed by atoms with Crippen molar-refractivity contribution in [1.29, 1.82) is 0 Å². The van der Waals surface area contributed by atoms with Gasteiger partial charge in [-0.3, -0.25) is 19.3 Å². The first-order chi connectivity index (χ1) is 23.4. The minimum atomic E-state index is -3.80. The molecule has 6 atom stereocenters. The highest BCUT2D eigenvalue weighted by atomic mass is 32.2. The zero-order chi connectivity index (χ0) is 36.9. The summed E-state index contributed by atoms with van der Waals surface area (Å²) in [5.41, 5.74) is 0.884. The van der Waals surface area contributed by atoms with E-state index in [1.54, 1.807) is 5.38 Å². The molecule has 4 N–H and O–H groups in total. The van der Waals surface area contributed by atoms with Crippen molar-refractivity contribution in [1.82, 2.24) is 20.5 Å². The molecule has 1 aliphatic heterocycles. The molecule has 4 rings (SSSR count). The molecule has 0 bridgehead atoms. The van der Waals surface area contributed by atoms with E-state index in [4.69, 9.17) is 4.74 Å². The van der Waals surface area contributed by atoms with E-state index >= 15 is 0 Å². The Morgan fingerprint density at radius 2 is 1.74 bits per heavy atom. The van der Waals surface area contributed by atoms with Crippen molar-refractivity contribution in [2.45, 2.75) is 114 Å². The number of ether oxygens (including phenoxy) is 1. The number of piperidine rings is 1. The number of benzene rings is 1. The van der Waals surface area contributed by atoms with Gasteiger partial charge in [0.25, 0.3) is 0 Å². The van der Waals surface area contributed by atoms with Gasteiger partial charge in [-0.2, -0.15) is 0 Å². The first-order valence-corrected chi connectivity index (χ1v) is 20.2. The SMILES string of the molecule is COC(=O)Cc1csc(N[C@H](C(=O)NC(Cc2ccccc2)C(O)CN2C[C@H]3CCCC[C@H]3CC2C(=O)NC(C)(C)C)C(C)(C)S(C)(=O)=O)n1. The van der Waals surface area contributed by atoms with E-state index in [9.17, 15) is 27.9 Å². The van der Waals surface area contributed by atoms with Gasteiger partial charge in [0, 0.05) is 30.3 Å². The normalized spacial score (nSPS) is 22.0. The summed E-state index contributed by atoms with van der Waals surface area (Å²) in [5.74, 6) is -0.277. The van der Waals surface area contributed by atoms with Gasteiger partial charge >= 0.3 is 5.97 Å². The second-order valence-electron chi connectivity index (χ2n) is 15.5. The molecule has 3 unspecified atom stereocenters. The van der Waals surface area contributed by atoms with E-state index in [1.807, 2.05) is 51.1 Å². The zero-order valence-corrected chi connectivity index (χ0v) is 32.0. The molecule has 50 heavy (non-hydrogen) atoms. The Labute approximate surface area is 301 Å². The predicted octanol–water partition coefficient (Wildman–Crippen LogP) is 3.35. The van der Waals surface area contributed by atoms with Gasteiger partial charge in [0.15, 0.2) is 15.0 Å². The molecule has 0 radical (unpaired) electrons. The number of anilines is 1. The van der Waals surface area contributed by atoms with Crippen LogP contribution in [0.3, 0.4) is 0 Å². The molecule has 0 spiro atoms. The van der Waals surface area contributed by atoms with E-state index < -0.39 is 56.2 Å². The van der Waals surface area contributed by atoms with Crippen molar-refractivity contribution in [3.63, 3.8) is 0 Å². The number of nitrogens with zero attached hydrogens (tertiary/aromatic N) is 2. The number of hydrogen-bond donors (Lipinski definition) is 4. The number of amides is 2. The number of rotatable bonds is 14. The Morgan fingerprint density at radius 3 is 2.36 bits per heavy atom. The minimum absolute atomic E-state index is 0.0634. The summed E-state index contributed by atoms with van der Waals surface area (Å²) in [6, 6.07) is 6.94. The number of β-amino-alcohol motifs (C(OH)–C–C–N with tert-alkyl or cyclic N) is 1. The smallest absolute Gasteiger partial charge is 0.311 e. The standard InChI is InChI=1S/C36H55N5O7S2/c1-35(2,3)40-32(44)28-18-24-15-11-12-16-25(24)20-41(28)21-29(42)27(17-23-13-9-8-10-14-23)38-33(45)31(36(4,5)50(7,46)47)39-34-37-26(22-49-34)19-30(43)48-6/h8-10,13-14,22,24-25,27-29,31,42H,11-12,15-21H2,1-7H3,(H,37,39)(H,38,45)(H,40,44)/t24-,25+,27?,28?,29?,31+/m0/s1. The first-order valence-electron chi connectivity index (χ1n) is 17.4. The van der Waals surface area contributed by atoms with Crippen molar-refractivity contribution in [2.24, 2.45) is 11.8 Å². The summed E-state index contributed by atoms with van der Waals surface area (Å²) in [6.45, 7) is 9.64. The fourth-order valence-electron chi connectivity index (χ4n) is 6.98. The predicted molar refractivity (Wildman–Crippen MR) is 196 cm³/mol. The number of thiazole rings is 1. The maximum atomic E-state index is 14.3. The van der Waals surface area contributed by atoms with E-state index in [2.05, 4.69) is 25.8 Å². The highest BCUT2D eigenvalue weighted by Crippen LogP contribution is 2.39. The summed E-state index contributed by atoms with van der Waals surface area (Å²) in [5, 5.41) is 23.0. The average molecular weight is 734 g/mol. The quantitative estimate of drug-likeness (QED) is 0.212. The molecule has 1 aliphatic carbocycles.